The summed E-state index contributed by atoms with van der Waals surface area (Å²) in [5.74, 6) is 1.45. The highest BCUT2D eigenvalue weighted by Gasteiger charge is 2.41. The number of carbonyl (C=O) groups is 1. The van der Waals surface area contributed by atoms with E-state index in [4.69, 9.17) is 4.42 Å². The van der Waals surface area contributed by atoms with Gasteiger partial charge in [0.15, 0.2) is 0 Å². The van der Waals surface area contributed by atoms with Gasteiger partial charge in [0.25, 0.3) is 0 Å². The zero-order valence-electron chi connectivity index (χ0n) is 8.71. The summed E-state index contributed by atoms with van der Waals surface area (Å²) in [6, 6.07) is 2.03. The Hall–Kier alpha value is -1.09. The van der Waals surface area contributed by atoms with Crippen LogP contribution in [-0.2, 0) is 16.8 Å². The molecule has 1 unspecified atom stereocenters. The molecule has 2 heterocycles. The van der Waals surface area contributed by atoms with Gasteiger partial charge in [-0.2, -0.15) is 0 Å². The predicted molar refractivity (Wildman–Crippen MR) is 55.6 cm³/mol. The number of nitrogens with one attached hydrogen (secondary N) is 1. The Morgan fingerprint density at radius 2 is 2.33 bits per heavy atom. The summed E-state index contributed by atoms with van der Waals surface area (Å²) in [5, 5.41) is 3.53. The molecule has 2 aliphatic rings. The van der Waals surface area contributed by atoms with Crippen LogP contribution >= 0.6 is 0 Å². The standard InChI is InChI=1S/C12H15NO2/c14-9-2-1-5-12(8-9)10-4-7-15-11(10)3-6-13-12/h4,7,13H,1-3,5-6,8H2. The second kappa shape index (κ2) is 3.20. The second-order valence-electron chi connectivity index (χ2n) is 4.59. The van der Waals surface area contributed by atoms with E-state index >= 15 is 0 Å². The molecule has 1 aromatic heterocycles. The first kappa shape index (κ1) is 9.16. The monoisotopic (exact) mass is 205 g/mol. The van der Waals surface area contributed by atoms with E-state index in [0.29, 0.717) is 12.2 Å². The third kappa shape index (κ3) is 1.34. The van der Waals surface area contributed by atoms with Crippen LogP contribution in [0, 0.1) is 0 Å². The summed E-state index contributed by atoms with van der Waals surface area (Å²) >= 11 is 0. The predicted octanol–water partition coefficient (Wildman–Crippen LogP) is 1.76. The highest BCUT2D eigenvalue weighted by molar-refractivity contribution is 5.81. The van der Waals surface area contributed by atoms with Gasteiger partial charge < -0.3 is 9.73 Å². The fourth-order valence-electron chi connectivity index (χ4n) is 2.95. The van der Waals surface area contributed by atoms with Gasteiger partial charge in [-0.3, -0.25) is 4.79 Å². The lowest BCUT2D eigenvalue weighted by atomic mass is 9.74. The van der Waals surface area contributed by atoms with E-state index in [1.165, 1.54) is 5.56 Å². The SMILES string of the molecule is O=C1CCCC2(C1)NCCc1occc12. The van der Waals surface area contributed by atoms with Crippen molar-refractivity contribution < 1.29 is 9.21 Å². The Kier molecular flexibility index (Phi) is 1.96. The quantitative estimate of drug-likeness (QED) is 0.701. The van der Waals surface area contributed by atoms with Gasteiger partial charge in [-0.15, -0.1) is 0 Å². The maximum Gasteiger partial charge on any atom is 0.135 e. The highest BCUT2D eigenvalue weighted by atomic mass is 16.3. The molecule has 0 aromatic carbocycles. The smallest absolute Gasteiger partial charge is 0.135 e. The molecule has 3 nitrogen and oxygen atoms in total. The van der Waals surface area contributed by atoms with E-state index in [0.717, 1.165) is 38.0 Å². The average molecular weight is 205 g/mol. The second-order valence-corrected chi connectivity index (χ2v) is 4.59. The lowest BCUT2D eigenvalue weighted by Crippen LogP contribution is -2.49. The number of carbonyl (C=O) groups excluding carboxylic acids is 1. The largest absolute Gasteiger partial charge is 0.469 e. The number of hydrogen-bond donors (Lipinski definition) is 1. The van der Waals surface area contributed by atoms with E-state index in [9.17, 15) is 4.79 Å². The summed E-state index contributed by atoms with van der Waals surface area (Å²) in [7, 11) is 0. The lowest BCUT2D eigenvalue weighted by molar-refractivity contribution is -0.122. The number of furan rings is 1. The molecular weight excluding hydrogens is 190 g/mol. The minimum atomic E-state index is -0.101. The Bertz CT molecular complexity index is 396. The van der Waals surface area contributed by atoms with Gasteiger partial charge >= 0.3 is 0 Å². The molecule has 1 aliphatic carbocycles. The molecule has 1 saturated carbocycles. The third-order valence-corrected chi connectivity index (χ3v) is 3.63. The number of ketones is 1. The number of hydrogen-bond acceptors (Lipinski definition) is 3. The molecule has 1 N–H and O–H groups in total. The van der Waals surface area contributed by atoms with Crippen molar-refractivity contribution in [1.29, 1.82) is 0 Å². The lowest BCUT2D eigenvalue weighted by Gasteiger charge is -2.40. The van der Waals surface area contributed by atoms with Gasteiger partial charge in [0.2, 0.25) is 0 Å². The molecule has 0 bridgehead atoms. The molecular formula is C12H15NO2. The van der Waals surface area contributed by atoms with Gasteiger partial charge in [0.1, 0.15) is 11.5 Å². The highest BCUT2D eigenvalue weighted by Crippen LogP contribution is 2.39. The van der Waals surface area contributed by atoms with E-state index in [2.05, 4.69) is 5.32 Å². The first-order chi connectivity index (χ1) is 7.30. The van der Waals surface area contributed by atoms with Gasteiger partial charge in [0.05, 0.1) is 11.8 Å². The van der Waals surface area contributed by atoms with Crippen LogP contribution in [0.5, 0.6) is 0 Å². The number of rotatable bonds is 0. The maximum absolute atomic E-state index is 11.6. The first-order valence-electron chi connectivity index (χ1n) is 5.64. The normalized spacial score (nSPS) is 30.5. The fraction of sp³-hybridized carbons (Fsp3) is 0.583. The van der Waals surface area contributed by atoms with Crippen molar-refractivity contribution in [2.75, 3.05) is 6.54 Å². The zero-order valence-corrected chi connectivity index (χ0v) is 8.71. The van der Waals surface area contributed by atoms with Crippen LogP contribution in [0.2, 0.25) is 0 Å². The van der Waals surface area contributed by atoms with Gasteiger partial charge in [-0.25, -0.2) is 0 Å². The fourth-order valence-corrected chi connectivity index (χ4v) is 2.95. The van der Waals surface area contributed by atoms with Crippen LogP contribution < -0.4 is 5.32 Å². The topological polar surface area (TPSA) is 42.2 Å². The van der Waals surface area contributed by atoms with Crippen molar-refractivity contribution in [3.63, 3.8) is 0 Å². The Morgan fingerprint density at radius 3 is 3.20 bits per heavy atom. The van der Waals surface area contributed by atoms with Crippen LogP contribution in [0.4, 0.5) is 0 Å². The van der Waals surface area contributed by atoms with Crippen LogP contribution in [-0.4, -0.2) is 12.3 Å². The van der Waals surface area contributed by atoms with Crippen molar-refractivity contribution in [2.24, 2.45) is 0 Å². The van der Waals surface area contributed by atoms with E-state index < -0.39 is 0 Å². The van der Waals surface area contributed by atoms with E-state index in [-0.39, 0.29) is 5.54 Å². The summed E-state index contributed by atoms with van der Waals surface area (Å²) in [6.07, 6.45) is 6.13. The summed E-state index contributed by atoms with van der Waals surface area (Å²) in [4.78, 5) is 11.6. The Labute approximate surface area is 88.8 Å². The molecule has 3 rings (SSSR count). The average Bonchev–Trinajstić information content (AvgIpc) is 2.67. The molecule has 3 heteroatoms. The summed E-state index contributed by atoms with van der Waals surface area (Å²) in [5.41, 5.74) is 1.12. The van der Waals surface area contributed by atoms with E-state index in [1.807, 2.05) is 6.07 Å². The molecule has 15 heavy (non-hydrogen) atoms. The van der Waals surface area contributed by atoms with Crippen molar-refractivity contribution in [1.82, 2.24) is 5.32 Å². The molecule has 0 saturated heterocycles. The third-order valence-electron chi connectivity index (χ3n) is 3.63. The molecule has 1 aliphatic heterocycles. The summed E-state index contributed by atoms with van der Waals surface area (Å²) in [6.45, 7) is 0.924. The van der Waals surface area contributed by atoms with Crippen LogP contribution in [0.1, 0.15) is 37.0 Å². The van der Waals surface area contributed by atoms with Crippen molar-refractivity contribution in [2.45, 2.75) is 37.6 Å². The molecule has 1 spiro atoms. The first-order valence-corrected chi connectivity index (χ1v) is 5.64. The van der Waals surface area contributed by atoms with Gasteiger partial charge in [0, 0.05) is 31.4 Å². The molecule has 0 amide bonds. The van der Waals surface area contributed by atoms with Gasteiger partial charge in [-0.1, -0.05) is 0 Å². The van der Waals surface area contributed by atoms with Crippen molar-refractivity contribution in [3.8, 4) is 0 Å². The number of fused-ring (bicyclic) bond motifs is 2. The van der Waals surface area contributed by atoms with Crippen LogP contribution in [0.15, 0.2) is 16.7 Å². The maximum atomic E-state index is 11.6. The number of Topliss-reactive ketones (excluding diaryl/α,β-unsaturated/α-hetero) is 1. The molecule has 1 fully saturated rings. The molecule has 1 atom stereocenters. The Morgan fingerprint density at radius 1 is 1.40 bits per heavy atom. The minimum absolute atomic E-state index is 0.101. The van der Waals surface area contributed by atoms with Crippen molar-refractivity contribution >= 4 is 5.78 Å². The zero-order chi connectivity index (χ0) is 10.3. The Balaban J connectivity index is 2.03. The molecule has 80 valence electrons. The van der Waals surface area contributed by atoms with Crippen molar-refractivity contribution in [3.05, 3.63) is 23.7 Å². The molecule has 1 aromatic rings. The van der Waals surface area contributed by atoms with Crippen LogP contribution in [0.3, 0.4) is 0 Å². The molecule has 0 radical (unpaired) electrons. The van der Waals surface area contributed by atoms with Gasteiger partial charge in [-0.05, 0) is 18.9 Å². The minimum Gasteiger partial charge on any atom is -0.469 e. The summed E-state index contributed by atoms with van der Waals surface area (Å²) < 4.78 is 5.47. The van der Waals surface area contributed by atoms with Crippen LogP contribution in [0.25, 0.3) is 0 Å². The van der Waals surface area contributed by atoms with E-state index in [1.54, 1.807) is 6.26 Å².